The summed E-state index contributed by atoms with van der Waals surface area (Å²) >= 11 is 1.11. The number of hydrogen-bond donors (Lipinski definition) is 3. The van der Waals surface area contributed by atoms with Crippen LogP contribution in [0.4, 0.5) is 5.13 Å². The minimum Gasteiger partial charge on any atom is -0.363 e. The highest BCUT2D eigenvalue weighted by Gasteiger charge is 2.17. The van der Waals surface area contributed by atoms with Crippen LogP contribution in [0.15, 0.2) is 22.7 Å². The summed E-state index contributed by atoms with van der Waals surface area (Å²) < 4.78 is 25.9. The van der Waals surface area contributed by atoms with Gasteiger partial charge in [-0.3, -0.25) is 4.72 Å². The zero-order valence-electron chi connectivity index (χ0n) is 8.04. The zero-order valence-corrected chi connectivity index (χ0v) is 9.68. The Morgan fingerprint density at radius 1 is 1.56 bits per heavy atom. The summed E-state index contributed by atoms with van der Waals surface area (Å²) in [6, 6.07) is 1.48. The number of nitrogens with two attached hydrogens (primary N) is 1. The van der Waals surface area contributed by atoms with E-state index in [1.54, 1.807) is 0 Å². The quantitative estimate of drug-likeness (QED) is 0.722. The van der Waals surface area contributed by atoms with E-state index in [4.69, 9.17) is 5.73 Å². The highest BCUT2D eigenvalue weighted by molar-refractivity contribution is 7.93. The second kappa shape index (κ2) is 4.20. The lowest BCUT2D eigenvalue weighted by Crippen LogP contribution is -2.12. The van der Waals surface area contributed by atoms with Gasteiger partial charge in [-0.2, -0.15) is 0 Å². The van der Waals surface area contributed by atoms with Crippen LogP contribution >= 0.6 is 11.3 Å². The van der Waals surface area contributed by atoms with Crippen molar-refractivity contribution in [2.75, 3.05) is 4.72 Å². The molecule has 16 heavy (non-hydrogen) atoms. The molecular formula is C7H9N5O2S2. The minimum absolute atomic E-state index is 0.128. The van der Waals surface area contributed by atoms with Crippen LogP contribution in [0.1, 0.15) is 5.69 Å². The van der Waals surface area contributed by atoms with Crippen molar-refractivity contribution in [3.05, 3.63) is 23.5 Å². The van der Waals surface area contributed by atoms with E-state index in [9.17, 15) is 8.42 Å². The van der Waals surface area contributed by atoms with E-state index >= 15 is 0 Å². The Hall–Kier alpha value is -1.45. The Kier molecular flexibility index (Phi) is 2.90. The predicted molar refractivity (Wildman–Crippen MR) is 59.4 cm³/mol. The molecule has 0 saturated heterocycles. The first-order valence-electron chi connectivity index (χ1n) is 4.28. The molecule has 0 aliphatic rings. The molecule has 7 nitrogen and oxygen atoms in total. The maximum atomic E-state index is 11.8. The van der Waals surface area contributed by atoms with Crippen molar-refractivity contribution in [1.29, 1.82) is 0 Å². The van der Waals surface area contributed by atoms with Gasteiger partial charge in [-0.15, -0.1) is 10.2 Å². The number of H-pyrrole nitrogens is 1. The van der Waals surface area contributed by atoms with E-state index in [1.165, 1.54) is 17.8 Å². The fourth-order valence-corrected chi connectivity index (χ4v) is 2.79. The summed E-state index contributed by atoms with van der Waals surface area (Å²) in [5.74, 6) is 0. The van der Waals surface area contributed by atoms with Gasteiger partial charge in [0.15, 0.2) is 0 Å². The number of nitrogens with zero attached hydrogens (tertiary/aromatic N) is 2. The maximum Gasteiger partial charge on any atom is 0.265 e. The van der Waals surface area contributed by atoms with Crippen molar-refractivity contribution in [2.24, 2.45) is 5.73 Å². The molecule has 2 aromatic heterocycles. The summed E-state index contributed by atoms with van der Waals surface area (Å²) in [6.45, 7) is 0.258. The average Bonchev–Trinajstić information content (AvgIpc) is 2.85. The molecule has 0 saturated carbocycles. The van der Waals surface area contributed by atoms with E-state index in [0.717, 1.165) is 11.3 Å². The summed E-state index contributed by atoms with van der Waals surface area (Å²) in [7, 11) is -3.60. The minimum atomic E-state index is -3.60. The number of hydrogen-bond acceptors (Lipinski definition) is 6. The van der Waals surface area contributed by atoms with Crippen molar-refractivity contribution in [1.82, 2.24) is 15.2 Å². The van der Waals surface area contributed by atoms with Gasteiger partial charge in [0.05, 0.1) is 0 Å². The summed E-state index contributed by atoms with van der Waals surface area (Å²) in [5, 5.41) is 7.36. The Morgan fingerprint density at radius 3 is 2.94 bits per heavy atom. The van der Waals surface area contributed by atoms with Gasteiger partial charge in [-0.05, 0) is 6.07 Å². The summed E-state index contributed by atoms with van der Waals surface area (Å²) in [6.07, 6.45) is 1.38. The fraction of sp³-hybridized carbons (Fsp3) is 0.143. The van der Waals surface area contributed by atoms with Crippen LogP contribution in [-0.2, 0) is 16.6 Å². The van der Waals surface area contributed by atoms with Gasteiger partial charge in [-0.25, -0.2) is 8.42 Å². The van der Waals surface area contributed by atoms with Gasteiger partial charge < -0.3 is 10.7 Å². The highest BCUT2D eigenvalue weighted by Crippen LogP contribution is 2.17. The predicted octanol–water partition coefficient (Wildman–Crippen LogP) is 0.126. The SMILES string of the molecule is NCc1cc(S(=O)(=O)Nc2nncs2)c[nH]1. The molecule has 0 unspecified atom stereocenters. The standard InChI is InChI=1S/C7H9N5O2S2/c8-2-5-1-6(3-9-5)16(13,14)12-7-11-10-4-15-7/h1,3-4,9H,2,8H2,(H,11,12). The van der Waals surface area contributed by atoms with Crippen LogP contribution in [0.5, 0.6) is 0 Å². The van der Waals surface area contributed by atoms with E-state index in [2.05, 4.69) is 19.9 Å². The molecule has 0 radical (unpaired) electrons. The molecule has 0 amide bonds. The van der Waals surface area contributed by atoms with E-state index < -0.39 is 10.0 Å². The lowest BCUT2D eigenvalue weighted by atomic mass is 10.4. The Balaban J connectivity index is 2.25. The van der Waals surface area contributed by atoms with Crippen molar-refractivity contribution >= 4 is 26.5 Å². The molecule has 2 rings (SSSR count). The summed E-state index contributed by atoms with van der Waals surface area (Å²) in [5.41, 5.74) is 7.47. The molecule has 4 N–H and O–H groups in total. The van der Waals surface area contributed by atoms with E-state index in [0.29, 0.717) is 5.69 Å². The number of sulfonamides is 1. The van der Waals surface area contributed by atoms with Crippen LogP contribution < -0.4 is 10.5 Å². The average molecular weight is 259 g/mol. The molecule has 0 bridgehead atoms. The van der Waals surface area contributed by atoms with Gasteiger partial charge in [0.25, 0.3) is 10.0 Å². The molecule has 9 heteroatoms. The first-order valence-corrected chi connectivity index (χ1v) is 6.64. The van der Waals surface area contributed by atoms with Crippen LogP contribution in [0.3, 0.4) is 0 Å². The molecule has 2 aromatic rings. The second-order valence-corrected chi connectivity index (χ2v) is 5.43. The Morgan fingerprint density at radius 2 is 2.38 bits per heavy atom. The van der Waals surface area contributed by atoms with Crippen LogP contribution in [0.25, 0.3) is 0 Å². The third-order valence-electron chi connectivity index (χ3n) is 1.83. The number of nitrogens with one attached hydrogen (secondary N) is 2. The zero-order chi connectivity index (χ0) is 11.6. The lowest BCUT2D eigenvalue weighted by Gasteiger charge is -2.00. The molecule has 0 spiro atoms. The second-order valence-electron chi connectivity index (χ2n) is 2.91. The number of aromatic amines is 1. The molecule has 0 fully saturated rings. The Labute approximate surface area is 95.8 Å². The van der Waals surface area contributed by atoms with Crippen LogP contribution in [0, 0.1) is 0 Å². The van der Waals surface area contributed by atoms with Crippen molar-refractivity contribution in [3.8, 4) is 0 Å². The molecular weight excluding hydrogens is 250 g/mol. The third kappa shape index (κ3) is 2.21. The monoisotopic (exact) mass is 259 g/mol. The van der Waals surface area contributed by atoms with E-state index in [1.807, 2.05) is 0 Å². The molecule has 0 aromatic carbocycles. The fourth-order valence-electron chi connectivity index (χ4n) is 1.08. The van der Waals surface area contributed by atoms with Crippen molar-refractivity contribution in [3.63, 3.8) is 0 Å². The largest absolute Gasteiger partial charge is 0.363 e. The smallest absolute Gasteiger partial charge is 0.265 e. The lowest BCUT2D eigenvalue weighted by molar-refractivity contribution is 0.601. The van der Waals surface area contributed by atoms with E-state index in [-0.39, 0.29) is 16.6 Å². The first kappa shape index (κ1) is 11.0. The topological polar surface area (TPSA) is 114 Å². The van der Waals surface area contributed by atoms with Crippen LogP contribution in [-0.4, -0.2) is 23.6 Å². The van der Waals surface area contributed by atoms with Gasteiger partial charge in [0.2, 0.25) is 5.13 Å². The van der Waals surface area contributed by atoms with Gasteiger partial charge in [0, 0.05) is 18.4 Å². The third-order valence-corrected chi connectivity index (χ3v) is 3.88. The number of aromatic nitrogens is 3. The van der Waals surface area contributed by atoms with Gasteiger partial charge >= 0.3 is 0 Å². The van der Waals surface area contributed by atoms with Crippen LogP contribution in [0.2, 0.25) is 0 Å². The Bertz CT molecular complexity index is 559. The summed E-state index contributed by atoms with van der Waals surface area (Å²) in [4.78, 5) is 2.89. The normalized spacial score (nSPS) is 11.6. The number of anilines is 1. The first-order chi connectivity index (χ1) is 7.62. The maximum absolute atomic E-state index is 11.8. The number of rotatable bonds is 4. The molecule has 0 atom stereocenters. The van der Waals surface area contributed by atoms with Crippen molar-refractivity contribution < 1.29 is 8.42 Å². The van der Waals surface area contributed by atoms with Gasteiger partial charge in [0.1, 0.15) is 10.4 Å². The van der Waals surface area contributed by atoms with Crippen molar-refractivity contribution in [2.45, 2.75) is 11.4 Å². The molecule has 0 aliphatic heterocycles. The molecule has 86 valence electrons. The highest BCUT2D eigenvalue weighted by atomic mass is 32.2. The molecule has 2 heterocycles. The molecule has 0 aliphatic carbocycles. The van der Waals surface area contributed by atoms with Gasteiger partial charge in [-0.1, -0.05) is 11.3 Å².